The summed E-state index contributed by atoms with van der Waals surface area (Å²) in [4.78, 5) is 32.2. The number of hydrogen-bond donors (Lipinski definition) is 0. The molecule has 2 aromatic carbocycles. The zero-order valence-corrected chi connectivity index (χ0v) is 16.5. The molecule has 0 saturated carbocycles. The number of carbonyl (C=O) groups is 1. The Morgan fingerprint density at radius 2 is 1.78 bits per heavy atom. The normalized spacial score (nSPS) is 16.0. The lowest BCUT2D eigenvalue weighted by atomic mass is 10.1. The molecule has 1 saturated heterocycles. The van der Waals surface area contributed by atoms with Crippen molar-refractivity contribution in [3.05, 3.63) is 46.8 Å². The van der Waals surface area contributed by atoms with Crippen LogP contribution in [0.3, 0.4) is 0 Å². The first-order valence-corrected chi connectivity index (χ1v) is 10.3. The highest BCUT2D eigenvalue weighted by atomic mass is 32.2. The number of rotatable bonds is 3. The second kappa shape index (κ2) is 7.35. The van der Waals surface area contributed by atoms with Crippen LogP contribution < -0.4 is 5.56 Å². The summed E-state index contributed by atoms with van der Waals surface area (Å²) in [6.07, 6.45) is 3.34. The van der Waals surface area contributed by atoms with Gasteiger partial charge in [-0.05, 0) is 49.1 Å². The van der Waals surface area contributed by atoms with Crippen LogP contribution in [0.1, 0.15) is 26.2 Å². The van der Waals surface area contributed by atoms with Crippen LogP contribution in [0, 0.1) is 0 Å². The van der Waals surface area contributed by atoms with E-state index in [2.05, 4.69) is 0 Å². The highest BCUT2D eigenvalue weighted by molar-refractivity contribution is 8.00. The van der Waals surface area contributed by atoms with Crippen LogP contribution in [0.2, 0.25) is 0 Å². The summed E-state index contributed by atoms with van der Waals surface area (Å²) < 4.78 is 1.56. The Hall–Kier alpha value is -2.34. The quantitative estimate of drug-likeness (QED) is 0.395. The molecule has 0 N–H and O–H groups in total. The van der Waals surface area contributed by atoms with Gasteiger partial charge in [0.2, 0.25) is 5.91 Å². The molecule has 4 rings (SSSR count). The van der Waals surface area contributed by atoms with Crippen molar-refractivity contribution < 1.29 is 4.79 Å². The highest BCUT2D eigenvalue weighted by Crippen LogP contribution is 2.26. The topological polar surface area (TPSA) is 55.2 Å². The number of thioether (sulfide) groups is 1. The number of likely N-dealkylation sites (tertiary alicyclic amines) is 1. The lowest BCUT2D eigenvalue weighted by Gasteiger charge is -2.29. The predicted molar refractivity (Wildman–Crippen MR) is 110 cm³/mol. The van der Waals surface area contributed by atoms with Crippen molar-refractivity contribution >= 4 is 39.3 Å². The third-order valence-electron chi connectivity index (χ3n) is 5.20. The molecule has 140 valence electrons. The maximum absolute atomic E-state index is 12.9. The third kappa shape index (κ3) is 3.46. The van der Waals surface area contributed by atoms with E-state index in [1.807, 2.05) is 48.2 Å². The molecule has 5 nitrogen and oxygen atoms in total. The number of aromatic nitrogens is 2. The van der Waals surface area contributed by atoms with E-state index >= 15 is 0 Å². The first-order chi connectivity index (χ1) is 13.0. The van der Waals surface area contributed by atoms with E-state index in [-0.39, 0.29) is 16.7 Å². The smallest absolute Gasteiger partial charge is 0.261 e. The zero-order valence-electron chi connectivity index (χ0n) is 15.6. The summed E-state index contributed by atoms with van der Waals surface area (Å²) in [6, 6.07) is 11.8. The van der Waals surface area contributed by atoms with Crippen LogP contribution >= 0.6 is 11.8 Å². The SMILES string of the molecule is C[C@@H](Sc1nc2cc3ccccc3cc2c(=O)n1C)C(=O)N1CCCCC1. The Balaban J connectivity index is 1.68. The molecule has 0 unspecified atom stereocenters. The van der Waals surface area contributed by atoms with Gasteiger partial charge in [0.25, 0.3) is 5.56 Å². The molecule has 27 heavy (non-hydrogen) atoms. The summed E-state index contributed by atoms with van der Waals surface area (Å²) in [6.45, 7) is 3.57. The zero-order chi connectivity index (χ0) is 19.0. The minimum Gasteiger partial charge on any atom is -0.342 e. The number of hydrogen-bond acceptors (Lipinski definition) is 4. The van der Waals surface area contributed by atoms with E-state index in [1.165, 1.54) is 18.2 Å². The molecule has 0 radical (unpaired) electrons. The van der Waals surface area contributed by atoms with Crippen LogP contribution in [0.15, 0.2) is 46.3 Å². The number of benzene rings is 2. The molecule has 0 bridgehead atoms. The molecular formula is C21H23N3O2S. The average molecular weight is 382 g/mol. The van der Waals surface area contributed by atoms with Gasteiger partial charge in [-0.2, -0.15) is 0 Å². The van der Waals surface area contributed by atoms with Crippen LogP contribution in [-0.4, -0.2) is 38.7 Å². The van der Waals surface area contributed by atoms with E-state index in [0.29, 0.717) is 16.1 Å². The molecule has 1 amide bonds. The molecule has 1 fully saturated rings. The van der Waals surface area contributed by atoms with E-state index in [0.717, 1.165) is 36.7 Å². The molecular weight excluding hydrogens is 358 g/mol. The number of fused-ring (bicyclic) bond motifs is 2. The molecule has 1 aromatic heterocycles. The van der Waals surface area contributed by atoms with Crippen molar-refractivity contribution in [2.45, 2.75) is 36.6 Å². The first kappa shape index (κ1) is 18.0. The Kier molecular flexibility index (Phi) is 4.91. The Morgan fingerprint density at radius 1 is 1.11 bits per heavy atom. The number of amides is 1. The van der Waals surface area contributed by atoms with Crippen LogP contribution in [-0.2, 0) is 11.8 Å². The van der Waals surface area contributed by atoms with Crippen LogP contribution in [0.5, 0.6) is 0 Å². The second-order valence-corrected chi connectivity index (χ2v) is 8.43. The van der Waals surface area contributed by atoms with Gasteiger partial charge in [0.1, 0.15) is 0 Å². The molecule has 3 aromatic rings. The fourth-order valence-corrected chi connectivity index (χ4v) is 4.58. The van der Waals surface area contributed by atoms with Crippen LogP contribution in [0.4, 0.5) is 0 Å². The molecule has 6 heteroatoms. The van der Waals surface area contributed by atoms with Crippen molar-refractivity contribution in [2.24, 2.45) is 7.05 Å². The predicted octanol–water partition coefficient (Wildman–Crippen LogP) is 3.58. The molecule has 1 aliphatic rings. The Bertz CT molecular complexity index is 1070. The summed E-state index contributed by atoms with van der Waals surface area (Å²) in [5, 5.41) is 3.01. The lowest BCUT2D eigenvalue weighted by Crippen LogP contribution is -2.40. The van der Waals surface area contributed by atoms with E-state index in [1.54, 1.807) is 11.6 Å². The number of carbonyl (C=O) groups excluding carboxylic acids is 1. The molecule has 0 aliphatic carbocycles. The average Bonchev–Trinajstić information content (AvgIpc) is 2.70. The number of nitrogens with zero attached hydrogens (tertiary/aromatic N) is 3. The highest BCUT2D eigenvalue weighted by Gasteiger charge is 2.24. The van der Waals surface area contributed by atoms with Gasteiger partial charge in [-0.25, -0.2) is 4.98 Å². The van der Waals surface area contributed by atoms with Gasteiger partial charge in [0.15, 0.2) is 5.16 Å². The monoisotopic (exact) mass is 381 g/mol. The van der Waals surface area contributed by atoms with Gasteiger partial charge in [-0.3, -0.25) is 14.2 Å². The first-order valence-electron chi connectivity index (χ1n) is 9.39. The van der Waals surface area contributed by atoms with Crippen molar-refractivity contribution in [2.75, 3.05) is 13.1 Å². The fraction of sp³-hybridized carbons (Fsp3) is 0.381. The Morgan fingerprint density at radius 3 is 2.48 bits per heavy atom. The van der Waals surface area contributed by atoms with Gasteiger partial charge >= 0.3 is 0 Å². The van der Waals surface area contributed by atoms with E-state index in [4.69, 9.17) is 4.98 Å². The largest absolute Gasteiger partial charge is 0.342 e. The van der Waals surface area contributed by atoms with Crippen molar-refractivity contribution in [1.29, 1.82) is 0 Å². The van der Waals surface area contributed by atoms with E-state index in [9.17, 15) is 9.59 Å². The standard InChI is InChI=1S/C21H23N3O2S/c1-14(19(25)24-10-6-3-7-11-24)27-21-22-18-13-16-9-5-4-8-15(16)12-17(18)20(26)23(21)2/h4-5,8-9,12-14H,3,6-7,10-11H2,1-2H3/t14-/m1/s1. The van der Waals surface area contributed by atoms with Gasteiger partial charge in [-0.15, -0.1) is 0 Å². The third-order valence-corrected chi connectivity index (χ3v) is 6.33. The van der Waals surface area contributed by atoms with Crippen LogP contribution in [0.25, 0.3) is 21.7 Å². The summed E-state index contributed by atoms with van der Waals surface area (Å²) in [5.74, 6) is 0.132. The maximum Gasteiger partial charge on any atom is 0.261 e. The fourth-order valence-electron chi connectivity index (χ4n) is 3.62. The van der Waals surface area contributed by atoms with Gasteiger partial charge in [-0.1, -0.05) is 36.0 Å². The minimum absolute atomic E-state index is 0.0779. The summed E-state index contributed by atoms with van der Waals surface area (Å²) in [5.41, 5.74) is 0.600. The molecule has 1 aliphatic heterocycles. The summed E-state index contributed by atoms with van der Waals surface area (Å²) in [7, 11) is 1.73. The summed E-state index contributed by atoms with van der Waals surface area (Å²) >= 11 is 1.37. The maximum atomic E-state index is 12.9. The van der Waals surface area contributed by atoms with Gasteiger partial charge < -0.3 is 4.90 Å². The van der Waals surface area contributed by atoms with Gasteiger partial charge in [0.05, 0.1) is 16.2 Å². The Labute approximate surface area is 162 Å². The van der Waals surface area contributed by atoms with E-state index < -0.39 is 0 Å². The lowest BCUT2D eigenvalue weighted by molar-refractivity contribution is -0.131. The minimum atomic E-state index is -0.265. The van der Waals surface area contributed by atoms with Crippen molar-refractivity contribution in [1.82, 2.24) is 14.5 Å². The molecule has 1 atom stereocenters. The molecule has 2 heterocycles. The van der Waals surface area contributed by atoms with Crippen molar-refractivity contribution in [3.63, 3.8) is 0 Å². The van der Waals surface area contributed by atoms with Gasteiger partial charge in [0, 0.05) is 20.1 Å². The van der Waals surface area contributed by atoms with Crippen molar-refractivity contribution in [3.8, 4) is 0 Å². The number of piperidine rings is 1. The molecule has 0 spiro atoms. The second-order valence-electron chi connectivity index (χ2n) is 7.12.